The second-order valence-corrected chi connectivity index (χ2v) is 4.13. The number of aromatic nitrogens is 1. The molecule has 0 saturated carbocycles. The molecule has 2 heterocycles. The SMILES string of the molecule is Cc1cc([C@@H]2CCCN2C(=O)CO)ccn1. The molecule has 1 aliphatic rings. The lowest BCUT2D eigenvalue weighted by Gasteiger charge is -2.24. The van der Waals surface area contributed by atoms with Gasteiger partial charge in [0, 0.05) is 18.4 Å². The highest BCUT2D eigenvalue weighted by Crippen LogP contribution is 2.31. The monoisotopic (exact) mass is 220 g/mol. The first-order valence-electron chi connectivity index (χ1n) is 5.55. The second-order valence-electron chi connectivity index (χ2n) is 4.13. The topological polar surface area (TPSA) is 53.4 Å². The number of aryl methyl sites for hydroxylation is 1. The van der Waals surface area contributed by atoms with E-state index in [0.717, 1.165) is 30.6 Å². The Morgan fingerprint density at radius 3 is 3.19 bits per heavy atom. The first-order chi connectivity index (χ1) is 7.72. The molecule has 0 bridgehead atoms. The van der Waals surface area contributed by atoms with E-state index in [0.29, 0.717) is 0 Å². The number of likely N-dealkylation sites (tertiary alicyclic amines) is 1. The molecular weight excluding hydrogens is 204 g/mol. The fourth-order valence-electron chi connectivity index (χ4n) is 2.28. The summed E-state index contributed by atoms with van der Waals surface area (Å²) in [5, 5.41) is 8.91. The Bertz CT molecular complexity index is 392. The molecule has 1 aliphatic heterocycles. The van der Waals surface area contributed by atoms with Crippen LogP contribution in [0.3, 0.4) is 0 Å². The molecule has 2 rings (SSSR count). The van der Waals surface area contributed by atoms with Crippen LogP contribution in [0, 0.1) is 6.92 Å². The molecule has 1 amide bonds. The highest BCUT2D eigenvalue weighted by molar-refractivity contribution is 5.78. The van der Waals surface area contributed by atoms with Crippen LogP contribution in [0.2, 0.25) is 0 Å². The number of nitrogens with zero attached hydrogens (tertiary/aromatic N) is 2. The van der Waals surface area contributed by atoms with Gasteiger partial charge in [0.25, 0.3) is 0 Å². The van der Waals surface area contributed by atoms with Crippen molar-refractivity contribution in [3.63, 3.8) is 0 Å². The summed E-state index contributed by atoms with van der Waals surface area (Å²) in [6.07, 6.45) is 3.73. The molecule has 0 radical (unpaired) electrons. The summed E-state index contributed by atoms with van der Waals surface area (Å²) in [5.41, 5.74) is 2.08. The molecule has 0 aromatic carbocycles. The van der Waals surface area contributed by atoms with Crippen LogP contribution in [0.15, 0.2) is 18.3 Å². The third kappa shape index (κ3) is 2.07. The molecule has 1 fully saturated rings. The van der Waals surface area contributed by atoms with E-state index in [1.807, 2.05) is 19.1 Å². The molecule has 0 unspecified atom stereocenters. The summed E-state index contributed by atoms with van der Waals surface area (Å²) >= 11 is 0. The van der Waals surface area contributed by atoms with E-state index in [4.69, 9.17) is 5.11 Å². The minimum Gasteiger partial charge on any atom is -0.387 e. The van der Waals surface area contributed by atoms with Gasteiger partial charge in [-0.15, -0.1) is 0 Å². The quantitative estimate of drug-likeness (QED) is 0.810. The number of amides is 1. The third-order valence-corrected chi connectivity index (χ3v) is 3.01. The fraction of sp³-hybridized carbons (Fsp3) is 0.500. The number of rotatable bonds is 2. The predicted octanol–water partition coefficient (Wildman–Crippen LogP) is 1.05. The summed E-state index contributed by atoms with van der Waals surface area (Å²) < 4.78 is 0. The summed E-state index contributed by atoms with van der Waals surface area (Å²) in [5.74, 6) is -0.183. The van der Waals surface area contributed by atoms with E-state index in [9.17, 15) is 4.79 Å². The average Bonchev–Trinajstić information content (AvgIpc) is 2.77. The minimum absolute atomic E-state index is 0.112. The molecule has 1 aromatic heterocycles. The lowest BCUT2D eigenvalue weighted by Crippen LogP contribution is -2.32. The highest BCUT2D eigenvalue weighted by atomic mass is 16.3. The Kier molecular flexibility index (Phi) is 3.19. The van der Waals surface area contributed by atoms with E-state index < -0.39 is 6.61 Å². The van der Waals surface area contributed by atoms with Crippen molar-refractivity contribution in [2.45, 2.75) is 25.8 Å². The van der Waals surface area contributed by atoms with E-state index in [-0.39, 0.29) is 11.9 Å². The zero-order chi connectivity index (χ0) is 11.5. The van der Waals surface area contributed by atoms with Gasteiger partial charge in [0.2, 0.25) is 5.91 Å². The van der Waals surface area contributed by atoms with Crippen LogP contribution in [0.1, 0.15) is 30.1 Å². The Hall–Kier alpha value is -1.42. The smallest absolute Gasteiger partial charge is 0.248 e. The van der Waals surface area contributed by atoms with Crippen LogP contribution in [0.5, 0.6) is 0 Å². The minimum atomic E-state index is -0.402. The largest absolute Gasteiger partial charge is 0.387 e. The van der Waals surface area contributed by atoms with Gasteiger partial charge in [-0.25, -0.2) is 0 Å². The van der Waals surface area contributed by atoms with Crippen molar-refractivity contribution in [2.24, 2.45) is 0 Å². The highest BCUT2D eigenvalue weighted by Gasteiger charge is 2.29. The van der Waals surface area contributed by atoms with Crippen molar-refractivity contribution in [3.05, 3.63) is 29.6 Å². The van der Waals surface area contributed by atoms with Crippen molar-refractivity contribution < 1.29 is 9.90 Å². The van der Waals surface area contributed by atoms with Gasteiger partial charge >= 0.3 is 0 Å². The summed E-state index contributed by atoms with van der Waals surface area (Å²) in [6, 6.07) is 4.07. The summed E-state index contributed by atoms with van der Waals surface area (Å²) in [6.45, 7) is 2.28. The number of hydrogen-bond acceptors (Lipinski definition) is 3. The lowest BCUT2D eigenvalue weighted by molar-refractivity contribution is -0.135. The van der Waals surface area contributed by atoms with Gasteiger partial charge in [0.1, 0.15) is 6.61 Å². The molecular formula is C12H16N2O2. The molecule has 4 heteroatoms. The van der Waals surface area contributed by atoms with Gasteiger partial charge in [-0.1, -0.05) is 0 Å². The number of hydrogen-bond donors (Lipinski definition) is 1. The van der Waals surface area contributed by atoms with Crippen LogP contribution in [0.25, 0.3) is 0 Å². The van der Waals surface area contributed by atoms with E-state index in [2.05, 4.69) is 4.98 Å². The van der Waals surface area contributed by atoms with Gasteiger partial charge in [0.15, 0.2) is 0 Å². The van der Waals surface area contributed by atoms with Crippen molar-refractivity contribution in [1.82, 2.24) is 9.88 Å². The number of aliphatic hydroxyl groups is 1. The molecule has 1 saturated heterocycles. The van der Waals surface area contributed by atoms with Crippen LogP contribution in [0.4, 0.5) is 0 Å². The Balaban J connectivity index is 2.23. The second kappa shape index (κ2) is 4.61. The van der Waals surface area contributed by atoms with Crippen molar-refractivity contribution in [2.75, 3.05) is 13.2 Å². The van der Waals surface area contributed by atoms with E-state index in [1.54, 1.807) is 11.1 Å². The molecule has 1 atom stereocenters. The zero-order valence-corrected chi connectivity index (χ0v) is 9.39. The molecule has 0 aliphatic carbocycles. The molecule has 1 N–H and O–H groups in total. The Morgan fingerprint density at radius 2 is 2.50 bits per heavy atom. The average molecular weight is 220 g/mol. The lowest BCUT2D eigenvalue weighted by atomic mass is 10.1. The van der Waals surface area contributed by atoms with Gasteiger partial charge in [0.05, 0.1) is 6.04 Å². The predicted molar refractivity (Wildman–Crippen MR) is 59.7 cm³/mol. The fourth-order valence-corrected chi connectivity index (χ4v) is 2.28. The maximum absolute atomic E-state index is 11.5. The zero-order valence-electron chi connectivity index (χ0n) is 9.39. The molecule has 16 heavy (non-hydrogen) atoms. The van der Waals surface area contributed by atoms with E-state index in [1.165, 1.54) is 0 Å². The Morgan fingerprint density at radius 1 is 1.69 bits per heavy atom. The van der Waals surface area contributed by atoms with Crippen LogP contribution >= 0.6 is 0 Å². The van der Waals surface area contributed by atoms with E-state index >= 15 is 0 Å². The maximum atomic E-state index is 11.5. The standard InChI is InChI=1S/C12H16N2O2/c1-9-7-10(4-5-13-9)11-3-2-6-14(11)12(16)8-15/h4-5,7,11,15H,2-3,6,8H2,1H3/t11-/m0/s1. The van der Waals surface area contributed by atoms with Gasteiger partial charge in [-0.2, -0.15) is 0 Å². The number of aliphatic hydroxyl groups excluding tert-OH is 1. The summed E-state index contributed by atoms with van der Waals surface area (Å²) in [7, 11) is 0. The van der Waals surface area contributed by atoms with Crippen LogP contribution in [-0.2, 0) is 4.79 Å². The third-order valence-electron chi connectivity index (χ3n) is 3.01. The number of pyridine rings is 1. The number of carbonyl (C=O) groups excluding carboxylic acids is 1. The molecule has 86 valence electrons. The molecule has 4 nitrogen and oxygen atoms in total. The first kappa shape index (κ1) is 11.1. The number of carbonyl (C=O) groups is 1. The molecule has 0 spiro atoms. The van der Waals surface area contributed by atoms with Crippen LogP contribution < -0.4 is 0 Å². The molecule has 1 aromatic rings. The summed E-state index contributed by atoms with van der Waals surface area (Å²) in [4.78, 5) is 17.5. The normalized spacial score (nSPS) is 20.1. The maximum Gasteiger partial charge on any atom is 0.248 e. The Labute approximate surface area is 94.9 Å². The van der Waals surface area contributed by atoms with Crippen molar-refractivity contribution in [1.29, 1.82) is 0 Å². The van der Waals surface area contributed by atoms with Crippen LogP contribution in [-0.4, -0.2) is 34.0 Å². The van der Waals surface area contributed by atoms with Crippen molar-refractivity contribution >= 4 is 5.91 Å². The first-order valence-corrected chi connectivity index (χ1v) is 5.55. The van der Waals surface area contributed by atoms with Gasteiger partial charge < -0.3 is 10.0 Å². The van der Waals surface area contributed by atoms with Crippen molar-refractivity contribution in [3.8, 4) is 0 Å². The van der Waals surface area contributed by atoms with Gasteiger partial charge in [-0.05, 0) is 37.5 Å². The van der Waals surface area contributed by atoms with Gasteiger partial charge in [-0.3, -0.25) is 9.78 Å².